The minimum Gasteiger partial charge on any atom is -0.255 e. The van der Waals surface area contributed by atoms with Crippen LogP contribution in [-0.2, 0) is 21.1 Å². The first-order chi connectivity index (χ1) is 11.1. The molecule has 0 aliphatic heterocycles. The molecule has 4 aromatic rings. The highest BCUT2D eigenvalue weighted by Gasteiger charge is 2.24. The minimum atomic E-state index is 0.741. The first-order valence-corrected chi connectivity index (χ1v) is 7.16. The zero-order chi connectivity index (χ0) is 16.0. The van der Waals surface area contributed by atoms with Crippen molar-refractivity contribution in [2.75, 3.05) is 0 Å². The summed E-state index contributed by atoms with van der Waals surface area (Å²) in [6.07, 6.45) is 3.74. The van der Waals surface area contributed by atoms with E-state index in [9.17, 15) is 0 Å². The highest BCUT2D eigenvalue weighted by molar-refractivity contribution is 5.99. The summed E-state index contributed by atoms with van der Waals surface area (Å²) in [5.41, 5.74) is 3.24. The van der Waals surface area contributed by atoms with Crippen molar-refractivity contribution in [1.29, 1.82) is 0 Å². The Balaban J connectivity index is 2.06. The lowest BCUT2D eigenvalue weighted by atomic mass is 10.1. The van der Waals surface area contributed by atoms with Crippen LogP contribution < -0.4 is 4.68 Å². The molecule has 0 aliphatic carbocycles. The van der Waals surface area contributed by atoms with E-state index in [4.69, 9.17) is 5.10 Å². The third kappa shape index (κ3) is 2.15. The van der Waals surface area contributed by atoms with Crippen LogP contribution in [0.5, 0.6) is 0 Å². The number of aromatic nitrogens is 8. The number of fused-ring (bicyclic) bond motifs is 1. The molecule has 0 fully saturated rings. The van der Waals surface area contributed by atoms with Crippen LogP contribution >= 0.6 is 0 Å². The highest BCUT2D eigenvalue weighted by Crippen LogP contribution is 2.29. The van der Waals surface area contributed by atoms with Crippen LogP contribution in [0, 0.1) is 0 Å². The molecular formula is C15H15N8+. The predicted molar refractivity (Wildman–Crippen MR) is 82.9 cm³/mol. The third-order valence-electron chi connectivity index (χ3n) is 3.70. The van der Waals surface area contributed by atoms with Crippen LogP contribution in [0.4, 0.5) is 0 Å². The van der Waals surface area contributed by atoms with Crippen LogP contribution in [-0.4, -0.2) is 35.1 Å². The molecule has 114 valence electrons. The first-order valence-electron chi connectivity index (χ1n) is 7.16. The fourth-order valence-electron chi connectivity index (χ4n) is 2.73. The van der Waals surface area contributed by atoms with Gasteiger partial charge in [-0.2, -0.15) is 0 Å². The van der Waals surface area contributed by atoms with Gasteiger partial charge in [-0.15, -0.1) is 10.2 Å². The Labute approximate surface area is 132 Å². The van der Waals surface area contributed by atoms with Gasteiger partial charge in [0.1, 0.15) is 5.69 Å². The van der Waals surface area contributed by atoms with Crippen LogP contribution in [0.15, 0.2) is 36.7 Å². The van der Waals surface area contributed by atoms with Gasteiger partial charge in [0.25, 0.3) is 5.69 Å². The lowest BCUT2D eigenvalue weighted by molar-refractivity contribution is -0.718. The lowest BCUT2D eigenvalue weighted by Crippen LogP contribution is -2.36. The molecule has 0 N–H and O–H groups in total. The van der Waals surface area contributed by atoms with E-state index in [1.807, 2.05) is 56.4 Å². The number of rotatable bonds is 2. The van der Waals surface area contributed by atoms with Gasteiger partial charge in [0.05, 0.1) is 17.8 Å². The largest absolute Gasteiger partial charge is 0.268 e. The number of nitrogens with zero attached hydrogens (tertiary/aromatic N) is 8. The summed E-state index contributed by atoms with van der Waals surface area (Å²) in [6.45, 7) is 0. The van der Waals surface area contributed by atoms with Crippen molar-refractivity contribution in [3.8, 4) is 22.8 Å². The monoisotopic (exact) mass is 307 g/mol. The van der Waals surface area contributed by atoms with Crippen molar-refractivity contribution in [3.05, 3.63) is 36.7 Å². The molecule has 3 heterocycles. The van der Waals surface area contributed by atoms with Gasteiger partial charge in [0.15, 0.2) is 18.4 Å². The maximum absolute atomic E-state index is 4.69. The number of hydrogen-bond donors (Lipinski definition) is 0. The Morgan fingerprint density at radius 1 is 0.870 bits per heavy atom. The summed E-state index contributed by atoms with van der Waals surface area (Å²) in [6, 6.07) is 8.08. The van der Waals surface area contributed by atoms with Crippen LogP contribution in [0.2, 0.25) is 0 Å². The normalized spacial score (nSPS) is 11.3. The third-order valence-corrected chi connectivity index (χ3v) is 3.70. The number of hydrogen-bond acceptors (Lipinski definition) is 5. The van der Waals surface area contributed by atoms with E-state index in [2.05, 4.69) is 26.7 Å². The smallest absolute Gasteiger partial charge is 0.255 e. The van der Waals surface area contributed by atoms with Gasteiger partial charge in [-0.25, -0.2) is 0 Å². The molecule has 8 heteroatoms. The maximum atomic E-state index is 4.69. The molecule has 0 spiro atoms. The van der Waals surface area contributed by atoms with Crippen molar-refractivity contribution in [3.63, 3.8) is 0 Å². The van der Waals surface area contributed by atoms with Crippen LogP contribution in [0.3, 0.4) is 0 Å². The summed E-state index contributed by atoms with van der Waals surface area (Å²) >= 11 is 0. The Hall–Kier alpha value is -3.16. The van der Waals surface area contributed by atoms with E-state index in [0.717, 1.165) is 33.5 Å². The van der Waals surface area contributed by atoms with Crippen LogP contribution in [0.25, 0.3) is 33.5 Å². The minimum absolute atomic E-state index is 0.741. The fourth-order valence-corrected chi connectivity index (χ4v) is 2.73. The standard InChI is InChI=1S/C15H15N8/c1-21-8-12(16-19-21)14-10-6-4-5-7-11(10)15(23(3)18-14)13-9-22(2)20-17-13/h4-9H,1-3H3/q+1. The molecule has 0 saturated carbocycles. The second-order valence-corrected chi connectivity index (χ2v) is 5.42. The van der Waals surface area contributed by atoms with Gasteiger partial charge >= 0.3 is 0 Å². The Bertz CT molecular complexity index is 1010. The fraction of sp³-hybridized carbons (Fsp3) is 0.200. The summed E-state index contributed by atoms with van der Waals surface area (Å²) < 4.78 is 5.17. The summed E-state index contributed by atoms with van der Waals surface area (Å²) in [7, 11) is 5.59. The van der Waals surface area contributed by atoms with E-state index in [0.29, 0.717) is 0 Å². The van der Waals surface area contributed by atoms with Crippen molar-refractivity contribution in [2.45, 2.75) is 0 Å². The summed E-state index contributed by atoms with van der Waals surface area (Å²) in [5, 5.41) is 23.2. The second kappa shape index (κ2) is 4.94. The van der Waals surface area contributed by atoms with E-state index < -0.39 is 0 Å². The first kappa shape index (κ1) is 13.5. The molecule has 3 aromatic heterocycles. The summed E-state index contributed by atoms with van der Waals surface area (Å²) in [5.74, 6) is 0. The van der Waals surface area contributed by atoms with Gasteiger partial charge in [0.2, 0.25) is 0 Å². The molecule has 8 nitrogen and oxygen atoms in total. The van der Waals surface area contributed by atoms with E-state index in [1.165, 1.54) is 0 Å². The molecule has 4 rings (SSSR count). The molecule has 0 radical (unpaired) electrons. The maximum Gasteiger partial charge on any atom is 0.268 e. The van der Waals surface area contributed by atoms with Gasteiger partial charge in [-0.3, -0.25) is 9.36 Å². The predicted octanol–water partition coefficient (Wildman–Crippen LogP) is 0.650. The average Bonchev–Trinajstić information content (AvgIpc) is 3.15. The molecule has 1 aromatic carbocycles. The van der Waals surface area contributed by atoms with E-state index in [1.54, 1.807) is 9.36 Å². The molecule has 0 atom stereocenters. The Kier molecular flexibility index (Phi) is 2.90. The highest BCUT2D eigenvalue weighted by atomic mass is 15.4. The zero-order valence-corrected chi connectivity index (χ0v) is 13.0. The molecule has 0 unspecified atom stereocenters. The molecular weight excluding hydrogens is 292 g/mol. The summed E-state index contributed by atoms with van der Waals surface area (Å²) in [4.78, 5) is 0. The molecule has 0 saturated heterocycles. The Morgan fingerprint density at radius 2 is 1.48 bits per heavy atom. The quantitative estimate of drug-likeness (QED) is 0.508. The van der Waals surface area contributed by atoms with Crippen molar-refractivity contribution in [1.82, 2.24) is 35.1 Å². The zero-order valence-electron chi connectivity index (χ0n) is 13.0. The van der Waals surface area contributed by atoms with Crippen molar-refractivity contribution >= 4 is 10.8 Å². The topological polar surface area (TPSA) is 78.2 Å². The van der Waals surface area contributed by atoms with Gasteiger partial charge < -0.3 is 0 Å². The van der Waals surface area contributed by atoms with E-state index in [-0.39, 0.29) is 0 Å². The molecule has 0 aliphatic rings. The van der Waals surface area contributed by atoms with Gasteiger partial charge in [-0.1, -0.05) is 33.3 Å². The molecule has 23 heavy (non-hydrogen) atoms. The van der Waals surface area contributed by atoms with Crippen LogP contribution in [0.1, 0.15) is 0 Å². The molecule has 0 bridgehead atoms. The molecule has 0 amide bonds. The van der Waals surface area contributed by atoms with E-state index >= 15 is 0 Å². The average molecular weight is 307 g/mol. The van der Waals surface area contributed by atoms with Crippen molar-refractivity contribution in [2.24, 2.45) is 21.1 Å². The SMILES string of the molecule is Cn1cc(-c2n[n+](C)c(-c3cn(C)nn3)c3ccccc23)nn1. The van der Waals surface area contributed by atoms with Gasteiger partial charge in [-0.05, 0) is 6.07 Å². The lowest BCUT2D eigenvalue weighted by Gasteiger charge is -2.04. The Morgan fingerprint density at radius 3 is 2.09 bits per heavy atom. The second-order valence-electron chi connectivity index (χ2n) is 5.42. The van der Waals surface area contributed by atoms with Crippen molar-refractivity contribution < 1.29 is 4.68 Å². The number of aryl methyl sites for hydroxylation is 3. The number of benzene rings is 1. The van der Waals surface area contributed by atoms with Gasteiger partial charge in [0, 0.05) is 24.6 Å².